The molecule has 2 N–H and O–H groups in total. The van der Waals surface area contributed by atoms with Crippen LogP contribution in [0.25, 0.3) is 22.4 Å². The molecule has 39 heavy (non-hydrogen) atoms. The normalized spacial score (nSPS) is 23.4. The Morgan fingerprint density at radius 3 is 2.56 bits per heavy atom. The van der Waals surface area contributed by atoms with Gasteiger partial charge in [-0.15, -0.1) is 0 Å². The van der Waals surface area contributed by atoms with Crippen LogP contribution in [0, 0.1) is 4.78 Å². The Bertz CT molecular complexity index is 1460. The van der Waals surface area contributed by atoms with Crippen molar-refractivity contribution in [3.63, 3.8) is 0 Å². The molecule has 0 saturated carbocycles. The second-order valence-electron chi connectivity index (χ2n) is 11.6. The van der Waals surface area contributed by atoms with Crippen LogP contribution in [0.4, 0.5) is 5.69 Å². The number of benzene rings is 1. The lowest BCUT2D eigenvalue weighted by Crippen LogP contribution is -2.35. The summed E-state index contributed by atoms with van der Waals surface area (Å²) in [4.78, 5) is 9.61. The molecule has 13 heteroatoms. The molecule has 0 aliphatic carbocycles. The Kier molecular flexibility index (Phi) is 8.08. The predicted molar refractivity (Wildman–Crippen MR) is 156 cm³/mol. The van der Waals surface area contributed by atoms with Crippen molar-refractivity contribution >= 4 is 46.1 Å². The van der Waals surface area contributed by atoms with Crippen LogP contribution in [0.15, 0.2) is 34.7 Å². The molecule has 0 radical (unpaired) electrons. The fourth-order valence-electron chi connectivity index (χ4n) is 4.57. The second kappa shape index (κ2) is 11.1. The van der Waals surface area contributed by atoms with Crippen LogP contribution in [0.5, 0.6) is 6.01 Å². The van der Waals surface area contributed by atoms with Gasteiger partial charge < -0.3 is 24.1 Å². The molecular formula is C26H36ClN5O5SSi. The zero-order chi connectivity index (χ0) is 27.9. The first-order valence-electron chi connectivity index (χ1n) is 12.9. The van der Waals surface area contributed by atoms with Crippen LogP contribution in [0.3, 0.4) is 0 Å². The van der Waals surface area contributed by atoms with Gasteiger partial charge in [-0.1, -0.05) is 53.0 Å². The van der Waals surface area contributed by atoms with Crippen LogP contribution in [-0.4, -0.2) is 84.5 Å². The van der Waals surface area contributed by atoms with E-state index in [-0.39, 0.29) is 19.4 Å². The largest absolute Gasteiger partial charge is 0.456 e. The zero-order valence-electron chi connectivity index (χ0n) is 22.9. The van der Waals surface area contributed by atoms with Crippen LogP contribution in [0.2, 0.25) is 30.7 Å². The number of halogens is 1. The van der Waals surface area contributed by atoms with Gasteiger partial charge in [0.25, 0.3) is 0 Å². The first-order valence-corrected chi connectivity index (χ1v) is 19.4. The molecule has 212 valence electrons. The van der Waals surface area contributed by atoms with E-state index in [4.69, 9.17) is 45.3 Å². The van der Waals surface area contributed by atoms with Crippen molar-refractivity contribution in [1.82, 2.24) is 14.5 Å². The van der Waals surface area contributed by atoms with E-state index in [2.05, 4.69) is 24.0 Å². The molecule has 0 amide bonds. The summed E-state index contributed by atoms with van der Waals surface area (Å²) in [5, 5.41) is 10.6. The molecule has 2 aliphatic heterocycles. The SMILES string of the molecule is C[Si](C)(C)CCOCn1c(O[C@@H]2CO[C@H]3[C@@H]2OC[C@H]3O)nc2cc(Cl)c(-c3ccc(N=S(C)(C)=N)cc3)nc21. The van der Waals surface area contributed by atoms with Crippen molar-refractivity contribution in [3.8, 4) is 17.3 Å². The molecule has 4 atom stereocenters. The Morgan fingerprint density at radius 1 is 1.15 bits per heavy atom. The van der Waals surface area contributed by atoms with E-state index < -0.39 is 36.0 Å². The van der Waals surface area contributed by atoms with Gasteiger partial charge >= 0.3 is 6.01 Å². The maximum absolute atomic E-state index is 10.1. The molecule has 2 fully saturated rings. The van der Waals surface area contributed by atoms with E-state index in [1.54, 1.807) is 6.07 Å². The van der Waals surface area contributed by atoms with Crippen LogP contribution in [0.1, 0.15) is 0 Å². The highest BCUT2D eigenvalue weighted by molar-refractivity contribution is 7.93. The number of aliphatic hydroxyl groups excluding tert-OH is 1. The average molecular weight is 594 g/mol. The van der Waals surface area contributed by atoms with E-state index in [1.807, 2.05) is 41.3 Å². The quantitative estimate of drug-likeness (QED) is 0.265. The molecule has 10 nitrogen and oxygen atoms in total. The number of pyridine rings is 1. The summed E-state index contributed by atoms with van der Waals surface area (Å²) in [6.07, 6.45) is 1.78. The van der Waals surface area contributed by atoms with Crippen LogP contribution in [-0.2, 0) is 30.6 Å². The smallest absolute Gasteiger partial charge is 0.301 e. The molecule has 3 aromatic rings. The van der Waals surface area contributed by atoms with E-state index in [1.165, 1.54) is 0 Å². The highest BCUT2D eigenvalue weighted by Crippen LogP contribution is 2.34. The number of nitrogens with one attached hydrogen (secondary N) is 1. The summed E-state index contributed by atoms with van der Waals surface area (Å²) in [7, 11) is -3.04. The molecular weight excluding hydrogens is 558 g/mol. The Balaban J connectivity index is 1.48. The third kappa shape index (κ3) is 6.64. The Labute approximate surface area is 235 Å². The van der Waals surface area contributed by atoms with Crippen molar-refractivity contribution in [2.75, 3.05) is 32.3 Å². The van der Waals surface area contributed by atoms with E-state index in [0.717, 1.165) is 17.3 Å². The summed E-state index contributed by atoms with van der Waals surface area (Å²) in [6.45, 7) is 8.29. The number of ether oxygens (including phenoxy) is 4. The minimum Gasteiger partial charge on any atom is -0.456 e. The molecule has 4 heterocycles. The van der Waals surface area contributed by atoms with Gasteiger partial charge in [-0.05, 0) is 24.2 Å². The number of imidazole rings is 1. The van der Waals surface area contributed by atoms with Gasteiger partial charge in [0.05, 0.1) is 29.6 Å². The fraction of sp³-hybridized carbons (Fsp3) is 0.538. The van der Waals surface area contributed by atoms with Crippen LogP contribution < -0.4 is 4.74 Å². The predicted octanol–water partition coefficient (Wildman–Crippen LogP) is 4.96. The molecule has 5 rings (SSSR count). The minimum atomic E-state index is -1.77. The highest BCUT2D eigenvalue weighted by Gasteiger charge is 2.49. The Morgan fingerprint density at radius 2 is 1.87 bits per heavy atom. The third-order valence-electron chi connectivity index (χ3n) is 6.57. The maximum atomic E-state index is 10.1. The first-order chi connectivity index (χ1) is 18.4. The van der Waals surface area contributed by atoms with Crippen molar-refractivity contribution in [2.24, 2.45) is 4.36 Å². The number of hydrogen-bond donors (Lipinski definition) is 2. The highest BCUT2D eigenvalue weighted by atomic mass is 35.5. The maximum Gasteiger partial charge on any atom is 0.301 e. The van der Waals surface area contributed by atoms with Gasteiger partial charge in [-0.3, -0.25) is 9.35 Å². The molecule has 2 aliphatic rings. The lowest BCUT2D eigenvalue weighted by molar-refractivity contribution is 0.00336. The molecule has 0 unspecified atom stereocenters. The fourth-order valence-corrected chi connectivity index (χ4v) is 6.23. The van der Waals surface area contributed by atoms with Crippen LogP contribution >= 0.6 is 11.6 Å². The van der Waals surface area contributed by atoms with E-state index in [0.29, 0.717) is 41.1 Å². The van der Waals surface area contributed by atoms with Crippen molar-refractivity contribution in [3.05, 3.63) is 35.4 Å². The first kappa shape index (κ1) is 28.5. The van der Waals surface area contributed by atoms with E-state index >= 15 is 0 Å². The Hall–Kier alpha value is -2.06. The molecule has 2 aromatic heterocycles. The summed E-state index contributed by atoms with van der Waals surface area (Å²) in [5.41, 5.74) is 3.36. The molecule has 0 spiro atoms. The summed E-state index contributed by atoms with van der Waals surface area (Å²) in [5.74, 6) is 0. The van der Waals surface area contributed by atoms with E-state index in [9.17, 15) is 5.11 Å². The number of fused-ring (bicyclic) bond motifs is 2. The van der Waals surface area contributed by atoms with Gasteiger partial charge in [0, 0.05) is 32.8 Å². The van der Waals surface area contributed by atoms with Gasteiger partial charge in [-0.25, -0.2) is 9.35 Å². The average Bonchev–Trinajstić information content (AvgIpc) is 3.51. The third-order valence-corrected chi connectivity index (χ3v) is 9.23. The van der Waals surface area contributed by atoms with Crippen molar-refractivity contribution in [1.29, 1.82) is 4.78 Å². The monoisotopic (exact) mass is 593 g/mol. The number of rotatable bonds is 9. The van der Waals surface area contributed by atoms with Gasteiger partial charge in [-0.2, -0.15) is 4.98 Å². The topological polar surface area (TPSA) is 124 Å². The molecule has 1 aromatic carbocycles. The summed E-state index contributed by atoms with van der Waals surface area (Å²) < 4.78 is 38.2. The van der Waals surface area contributed by atoms with Gasteiger partial charge in [0.15, 0.2) is 11.8 Å². The second-order valence-corrected chi connectivity index (χ2v) is 20.3. The zero-order valence-corrected chi connectivity index (χ0v) is 25.5. The van der Waals surface area contributed by atoms with Crippen molar-refractivity contribution in [2.45, 2.75) is 56.8 Å². The standard InChI is InChI=1S/C26H36ClN5O5SSi/c1-38(2,28)31-17-8-6-16(7-9-17)22-18(27)12-19-25(30-22)32(15-34-10-11-39(3,4)5)26(29-19)37-21-14-36-23-20(33)13-35-24(21)23/h6-9,12,20-21,23-24,28,33H,10-11,13-15H2,1-5H3/t20-,21-,23-,24-/m1/s1. The number of hydrogen-bond acceptors (Lipinski definition) is 9. The number of nitrogens with zero attached hydrogens (tertiary/aromatic N) is 4. The summed E-state index contributed by atoms with van der Waals surface area (Å²) in [6, 6.07) is 10.7. The number of aromatic nitrogens is 3. The number of aliphatic hydroxyl groups is 1. The van der Waals surface area contributed by atoms with Gasteiger partial charge in [0.2, 0.25) is 0 Å². The molecule has 2 saturated heterocycles. The molecule has 0 bridgehead atoms. The summed E-state index contributed by atoms with van der Waals surface area (Å²) >= 11 is 6.69. The van der Waals surface area contributed by atoms with Crippen molar-refractivity contribution < 1.29 is 24.1 Å². The minimum absolute atomic E-state index is 0.217. The lowest BCUT2D eigenvalue weighted by Gasteiger charge is -2.19. The van der Waals surface area contributed by atoms with Gasteiger partial charge in [0.1, 0.15) is 30.6 Å². The lowest BCUT2D eigenvalue weighted by atomic mass is 10.1.